The molecular formula is C27H27N3O2. The van der Waals surface area contributed by atoms with E-state index < -0.39 is 5.41 Å². The van der Waals surface area contributed by atoms with Gasteiger partial charge in [0.25, 0.3) is 0 Å². The van der Waals surface area contributed by atoms with Gasteiger partial charge < -0.3 is 15.0 Å². The quantitative estimate of drug-likeness (QED) is 0.470. The number of benzene rings is 3. The Balaban J connectivity index is 1.50. The Morgan fingerprint density at radius 3 is 2.31 bits per heavy atom. The van der Waals surface area contributed by atoms with E-state index in [9.17, 15) is 4.79 Å². The molecule has 2 heterocycles. The molecule has 5 heteroatoms. The molecule has 5 nitrogen and oxygen atoms in total. The van der Waals surface area contributed by atoms with Gasteiger partial charge in [-0.1, -0.05) is 72.8 Å². The first kappa shape index (κ1) is 20.5. The predicted molar refractivity (Wildman–Crippen MR) is 125 cm³/mol. The van der Waals surface area contributed by atoms with Crippen LogP contribution in [0.1, 0.15) is 35.8 Å². The van der Waals surface area contributed by atoms with Gasteiger partial charge in [-0.25, -0.2) is 4.98 Å². The smallest absolute Gasteiger partial charge is 0.231 e. The van der Waals surface area contributed by atoms with Gasteiger partial charge in [0.1, 0.15) is 5.82 Å². The second-order valence-electron chi connectivity index (χ2n) is 8.42. The monoisotopic (exact) mass is 425 g/mol. The van der Waals surface area contributed by atoms with Gasteiger partial charge >= 0.3 is 0 Å². The van der Waals surface area contributed by atoms with Crippen LogP contribution < -0.4 is 5.32 Å². The Kier molecular flexibility index (Phi) is 5.73. The first-order valence-corrected chi connectivity index (χ1v) is 11.2. The Bertz CT molecular complexity index is 1150. The average molecular weight is 426 g/mol. The maximum Gasteiger partial charge on any atom is 0.231 e. The number of ether oxygens (including phenoxy) is 1. The highest BCUT2D eigenvalue weighted by atomic mass is 16.5. The number of rotatable bonds is 6. The molecule has 1 atom stereocenters. The SMILES string of the molecule is O=C(N[C@H](Cc1ccccc1)c1nc2ccccc2[nH]1)C1(c2ccccc2)CCOCC1. The van der Waals surface area contributed by atoms with Crippen LogP contribution in [-0.4, -0.2) is 29.1 Å². The number of nitrogens with zero attached hydrogens (tertiary/aromatic N) is 1. The Morgan fingerprint density at radius 1 is 0.938 bits per heavy atom. The molecule has 0 spiro atoms. The number of aromatic nitrogens is 2. The molecule has 2 N–H and O–H groups in total. The molecular weight excluding hydrogens is 398 g/mol. The largest absolute Gasteiger partial charge is 0.381 e. The summed E-state index contributed by atoms with van der Waals surface area (Å²) in [5, 5.41) is 3.36. The number of aromatic amines is 1. The van der Waals surface area contributed by atoms with E-state index >= 15 is 0 Å². The Hall–Kier alpha value is -3.44. The third-order valence-corrected chi connectivity index (χ3v) is 6.43. The molecule has 0 saturated carbocycles. The molecule has 0 radical (unpaired) electrons. The fourth-order valence-electron chi connectivity index (χ4n) is 4.62. The minimum atomic E-state index is -0.597. The third-order valence-electron chi connectivity index (χ3n) is 6.43. The summed E-state index contributed by atoms with van der Waals surface area (Å²) in [6.45, 7) is 1.16. The summed E-state index contributed by atoms with van der Waals surface area (Å²) in [4.78, 5) is 22.1. The van der Waals surface area contributed by atoms with Crippen LogP contribution in [0.15, 0.2) is 84.9 Å². The second-order valence-corrected chi connectivity index (χ2v) is 8.42. The Morgan fingerprint density at radius 2 is 1.59 bits per heavy atom. The third kappa shape index (κ3) is 4.04. The van der Waals surface area contributed by atoms with Crippen LogP contribution in [0.25, 0.3) is 11.0 Å². The molecule has 32 heavy (non-hydrogen) atoms. The summed E-state index contributed by atoms with van der Waals surface area (Å²) in [5.41, 5.74) is 3.47. The van der Waals surface area contributed by atoms with Crippen LogP contribution in [0.4, 0.5) is 0 Å². The highest BCUT2D eigenvalue weighted by molar-refractivity contribution is 5.89. The van der Waals surface area contributed by atoms with Gasteiger partial charge in [-0.15, -0.1) is 0 Å². The van der Waals surface area contributed by atoms with Crippen LogP contribution in [-0.2, 0) is 21.4 Å². The predicted octanol–water partition coefficient (Wildman–Crippen LogP) is 4.71. The number of hydrogen-bond donors (Lipinski definition) is 2. The summed E-state index contributed by atoms with van der Waals surface area (Å²) >= 11 is 0. The normalized spacial score (nSPS) is 16.5. The maximum absolute atomic E-state index is 13.9. The lowest BCUT2D eigenvalue weighted by Crippen LogP contribution is -2.49. The molecule has 0 aliphatic carbocycles. The van der Waals surface area contributed by atoms with E-state index in [2.05, 4.69) is 34.6 Å². The summed E-state index contributed by atoms with van der Waals surface area (Å²) in [5.74, 6) is 0.812. The van der Waals surface area contributed by atoms with Crippen molar-refractivity contribution in [3.8, 4) is 0 Å². The topological polar surface area (TPSA) is 67.0 Å². The Labute approximate surface area is 187 Å². The number of para-hydroxylation sites is 2. The van der Waals surface area contributed by atoms with Crippen LogP contribution in [0.3, 0.4) is 0 Å². The highest BCUT2D eigenvalue weighted by Crippen LogP contribution is 2.36. The van der Waals surface area contributed by atoms with Crippen molar-refractivity contribution >= 4 is 16.9 Å². The molecule has 1 saturated heterocycles. The summed E-state index contributed by atoms with van der Waals surface area (Å²) in [6, 6.07) is 28.0. The van der Waals surface area contributed by atoms with Gasteiger partial charge in [0.15, 0.2) is 0 Å². The molecule has 1 aliphatic heterocycles. The van der Waals surface area contributed by atoms with Crippen molar-refractivity contribution in [2.75, 3.05) is 13.2 Å². The van der Waals surface area contributed by atoms with Gasteiger partial charge in [-0.2, -0.15) is 0 Å². The molecule has 4 aromatic rings. The number of amides is 1. The lowest BCUT2D eigenvalue weighted by Gasteiger charge is -2.37. The van der Waals surface area contributed by atoms with Gasteiger partial charge in [-0.05, 0) is 42.5 Å². The van der Waals surface area contributed by atoms with Gasteiger partial charge in [0.2, 0.25) is 5.91 Å². The zero-order valence-corrected chi connectivity index (χ0v) is 18.0. The molecule has 1 aliphatic rings. The van der Waals surface area contributed by atoms with E-state index in [1.807, 2.05) is 60.7 Å². The van der Waals surface area contributed by atoms with Gasteiger partial charge in [0.05, 0.1) is 22.5 Å². The van der Waals surface area contributed by atoms with Crippen LogP contribution in [0.5, 0.6) is 0 Å². The van der Waals surface area contributed by atoms with E-state index in [1.165, 1.54) is 0 Å². The molecule has 5 rings (SSSR count). The molecule has 0 bridgehead atoms. The first-order chi connectivity index (χ1) is 15.7. The van der Waals surface area contributed by atoms with E-state index in [0.717, 1.165) is 28.0 Å². The summed E-state index contributed by atoms with van der Waals surface area (Å²) in [7, 11) is 0. The second kappa shape index (κ2) is 8.97. The number of imidazole rings is 1. The molecule has 0 unspecified atom stereocenters. The van der Waals surface area contributed by atoms with Crippen molar-refractivity contribution < 1.29 is 9.53 Å². The number of carbonyl (C=O) groups is 1. The van der Waals surface area contributed by atoms with Crippen molar-refractivity contribution in [3.05, 3.63) is 102 Å². The zero-order chi connectivity index (χ0) is 21.8. The van der Waals surface area contributed by atoms with Crippen LogP contribution in [0, 0.1) is 0 Å². The van der Waals surface area contributed by atoms with Crippen LogP contribution in [0.2, 0.25) is 0 Å². The standard InChI is InChI=1S/C27H27N3O2/c31-26(27(15-17-32-18-16-27)21-11-5-2-6-12-21)30-24(19-20-9-3-1-4-10-20)25-28-22-13-7-8-14-23(22)29-25/h1-14,24H,15-19H2,(H,28,29)(H,30,31)/t24-/m1/s1. The molecule has 1 fully saturated rings. The number of fused-ring (bicyclic) bond motifs is 1. The maximum atomic E-state index is 13.9. The summed E-state index contributed by atoms with van der Waals surface area (Å²) in [6.07, 6.45) is 2.00. The fourth-order valence-corrected chi connectivity index (χ4v) is 4.62. The minimum Gasteiger partial charge on any atom is -0.381 e. The highest BCUT2D eigenvalue weighted by Gasteiger charge is 2.42. The number of carbonyl (C=O) groups excluding carboxylic acids is 1. The number of H-pyrrole nitrogens is 1. The van der Waals surface area contributed by atoms with E-state index in [-0.39, 0.29) is 11.9 Å². The van der Waals surface area contributed by atoms with E-state index in [4.69, 9.17) is 9.72 Å². The summed E-state index contributed by atoms with van der Waals surface area (Å²) < 4.78 is 5.62. The van der Waals surface area contributed by atoms with Crippen molar-refractivity contribution in [3.63, 3.8) is 0 Å². The van der Waals surface area contributed by atoms with Crippen molar-refractivity contribution in [2.45, 2.75) is 30.7 Å². The molecule has 162 valence electrons. The zero-order valence-electron chi connectivity index (χ0n) is 18.0. The number of hydrogen-bond acceptors (Lipinski definition) is 3. The van der Waals surface area contributed by atoms with E-state index in [1.54, 1.807) is 0 Å². The van der Waals surface area contributed by atoms with Crippen molar-refractivity contribution in [1.82, 2.24) is 15.3 Å². The van der Waals surface area contributed by atoms with E-state index in [0.29, 0.717) is 32.5 Å². The molecule has 3 aromatic carbocycles. The minimum absolute atomic E-state index is 0.0355. The van der Waals surface area contributed by atoms with Gasteiger partial charge in [-0.3, -0.25) is 4.79 Å². The van der Waals surface area contributed by atoms with Crippen molar-refractivity contribution in [2.24, 2.45) is 0 Å². The molecule has 1 aromatic heterocycles. The lowest BCUT2D eigenvalue weighted by molar-refractivity contribution is -0.131. The van der Waals surface area contributed by atoms with Crippen LogP contribution >= 0.6 is 0 Å². The molecule has 1 amide bonds. The first-order valence-electron chi connectivity index (χ1n) is 11.2. The fraction of sp³-hybridized carbons (Fsp3) is 0.259. The lowest BCUT2D eigenvalue weighted by atomic mass is 9.73. The average Bonchev–Trinajstić information content (AvgIpc) is 3.29. The van der Waals surface area contributed by atoms with Crippen molar-refractivity contribution in [1.29, 1.82) is 0 Å². The van der Waals surface area contributed by atoms with Gasteiger partial charge in [0, 0.05) is 13.2 Å². The number of nitrogens with one attached hydrogen (secondary N) is 2.